The lowest BCUT2D eigenvalue weighted by atomic mass is 10.0. The molecule has 0 atom stereocenters. The normalized spacial score (nSPS) is 11.0. The summed E-state index contributed by atoms with van der Waals surface area (Å²) in [5.74, 6) is 0.156. The number of aromatic hydroxyl groups is 1. The summed E-state index contributed by atoms with van der Waals surface area (Å²) in [7, 11) is 1.41. The third-order valence-corrected chi connectivity index (χ3v) is 5.34. The second kappa shape index (κ2) is 7.47. The predicted molar refractivity (Wildman–Crippen MR) is 96.6 cm³/mol. The van der Waals surface area contributed by atoms with Gasteiger partial charge in [-0.25, -0.2) is 0 Å². The molecule has 0 fully saturated rings. The second-order valence-corrected chi connectivity index (χ2v) is 6.21. The largest absolute Gasteiger partial charge is 0.503 e. The third-order valence-electron chi connectivity index (χ3n) is 3.18. The topological polar surface area (TPSA) is 96.4 Å². The van der Waals surface area contributed by atoms with E-state index in [1.807, 2.05) is 6.07 Å². The Labute approximate surface area is 154 Å². The fourth-order valence-corrected chi connectivity index (χ4v) is 2.84. The van der Waals surface area contributed by atoms with Crippen LogP contribution in [0.15, 0.2) is 39.3 Å². The lowest BCUT2D eigenvalue weighted by Gasteiger charge is -2.10. The SMILES string of the molecule is COc1cc(C=C(C#N)c2cccc([N+](=O)[O-])c2)c(Br)c(Br)c1O. The fourth-order valence-electron chi connectivity index (χ4n) is 2.00. The Morgan fingerprint density at radius 1 is 1.38 bits per heavy atom. The van der Waals surface area contributed by atoms with Gasteiger partial charge in [-0.15, -0.1) is 0 Å². The van der Waals surface area contributed by atoms with Crippen LogP contribution in [0.2, 0.25) is 0 Å². The van der Waals surface area contributed by atoms with Gasteiger partial charge in [0, 0.05) is 16.6 Å². The molecule has 0 aliphatic carbocycles. The first-order chi connectivity index (χ1) is 11.4. The monoisotopic (exact) mass is 452 g/mol. The Morgan fingerprint density at radius 2 is 2.08 bits per heavy atom. The number of rotatable bonds is 4. The quantitative estimate of drug-likeness (QED) is 0.307. The van der Waals surface area contributed by atoms with Crippen LogP contribution in [-0.2, 0) is 0 Å². The Bertz CT molecular complexity index is 888. The number of phenolic OH excluding ortho intramolecular Hbond substituents is 1. The van der Waals surface area contributed by atoms with Gasteiger partial charge in [-0.1, -0.05) is 12.1 Å². The molecule has 2 aromatic carbocycles. The smallest absolute Gasteiger partial charge is 0.270 e. The number of nitrogens with zero attached hydrogens (tertiary/aromatic N) is 2. The van der Waals surface area contributed by atoms with Crippen molar-refractivity contribution in [1.82, 2.24) is 0 Å². The van der Waals surface area contributed by atoms with Gasteiger partial charge in [0.1, 0.15) is 0 Å². The van der Waals surface area contributed by atoms with Crippen molar-refractivity contribution in [2.24, 2.45) is 0 Å². The number of methoxy groups -OCH3 is 1. The van der Waals surface area contributed by atoms with Gasteiger partial charge in [-0.05, 0) is 55.1 Å². The number of benzene rings is 2. The van der Waals surface area contributed by atoms with Crippen LogP contribution < -0.4 is 4.74 Å². The summed E-state index contributed by atoms with van der Waals surface area (Å²) in [4.78, 5) is 10.4. The summed E-state index contributed by atoms with van der Waals surface area (Å²) in [5.41, 5.74) is 1.12. The van der Waals surface area contributed by atoms with E-state index in [1.165, 1.54) is 25.3 Å². The van der Waals surface area contributed by atoms with E-state index < -0.39 is 4.92 Å². The highest BCUT2D eigenvalue weighted by Gasteiger charge is 2.15. The first-order valence-electron chi connectivity index (χ1n) is 6.50. The molecule has 0 spiro atoms. The minimum atomic E-state index is -0.519. The Balaban J connectivity index is 2.60. The van der Waals surface area contributed by atoms with E-state index in [9.17, 15) is 20.5 Å². The van der Waals surface area contributed by atoms with E-state index in [-0.39, 0.29) is 22.8 Å². The molecule has 0 radical (unpaired) electrons. The molecule has 24 heavy (non-hydrogen) atoms. The van der Waals surface area contributed by atoms with Gasteiger partial charge in [0.2, 0.25) is 0 Å². The highest BCUT2D eigenvalue weighted by molar-refractivity contribution is 9.13. The molecule has 0 bridgehead atoms. The van der Waals surface area contributed by atoms with Crippen molar-refractivity contribution >= 4 is 49.2 Å². The maximum absolute atomic E-state index is 10.9. The number of nitro benzene ring substituents is 1. The number of nitro groups is 1. The number of non-ortho nitro benzene ring substituents is 1. The molecule has 0 saturated heterocycles. The zero-order chi connectivity index (χ0) is 17.9. The van der Waals surface area contributed by atoms with Crippen LogP contribution in [0.5, 0.6) is 11.5 Å². The van der Waals surface area contributed by atoms with Crippen LogP contribution in [0, 0.1) is 21.4 Å². The van der Waals surface area contributed by atoms with Gasteiger partial charge in [0.15, 0.2) is 11.5 Å². The number of halogens is 2. The number of nitriles is 1. The Morgan fingerprint density at radius 3 is 2.67 bits per heavy atom. The summed E-state index contributed by atoms with van der Waals surface area (Å²) in [5, 5.41) is 30.2. The molecule has 0 unspecified atom stereocenters. The van der Waals surface area contributed by atoms with E-state index in [0.717, 1.165) is 0 Å². The molecule has 0 aliphatic rings. The minimum Gasteiger partial charge on any atom is -0.503 e. The van der Waals surface area contributed by atoms with Crippen molar-refractivity contribution < 1.29 is 14.8 Å². The summed E-state index contributed by atoms with van der Waals surface area (Å²) in [6.07, 6.45) is 1.55. The molecule has 2 aromatic rings. The van der Waals surface area contributed by atoms with Crippen molar-refractivity contribution in [3.8, 4) is 17.6 Å². The molecular formula is C16H10Br2N2O4. The number of allylic oxidation sites excluding steroid dienone is 1. The Kier molecular flexibility index (Phi) is 5.59. The van der Waals surface area contributed by atoms with E-state index in [2.05, 4.69) is 31.9 Å². The number of hydrogen-bond donors (Lipinski definition) is 1. The van der Waals surface area contributed by atoms with Crippen LogP contribution >= 0.6 is 31.9 Å². The van der Waals surface area contributed by atoms with Crippen LogP contribution in [0.1, 0.15) is 11.1 Å². The van der Waals surface area contributed by atoms with Crippen molar-refractivity contribution in [1.29, 1.82) is 5.26 Å². The highest BCUT2D eigenvalue weighted by atomic mass is 79.9. The van der Waals surface area contributed by atoms with Gasteiger partial charge in [-0.3, -0.25) is 10.1 Å². The Hall–Kier alpha value is -2.37. The highest BCUT2D eigenvalue weighted by Crippen LogP contribution is 2.42. The van der Waals surface area contributed by atoms with E-state index in [0.29, 0.717) is 20.1 Å². The van der Waals surface area contributed by atoms with E-state index in [4.69, 9.17) is 4.74 Å². The van der Waals surface area contributed by atoms with Crippen molar-refractivity contribution in [2.75, 3.05) is 7.11 Å². The number of ether oxygens (including phenoxy) is 1. The van der Waals surface area contributed by atoms with Crippen molar-refractivity contribution in [2.45, 2.75) is 0 Å². The predicted octanol–water partition coefficient (Wildman–Crippen LogP) is 4.90. The molecule has 6 nitrogen and oxygen atoms in total. The van der Waals surface area contributed by atoms with E-state index >= 15 is 0 Å². The van der Waals surface area contributed by atoms with Crippen LogP contribution in [-0.4, -0.2) is 17.1 Å². The molecule has 0 saturated carbocycles. The van der Waals surface area contributed by atoms with Crippen LogP contribution in [0.4, 0.5) is 5.69 Å². The molecule has 0 aromatic heterocycles. The number of hydrogen-bond acceptors (Lipinski definition) is 5. The van der Waals surface area contributed by atoms with Crippen molar-refractivity contribution in [3.05, 3.63) is 60.5 Å². The van der Waals surface area contributed by atoms with Gasteiger partial charge in [-0.2, -0.15) is 5.26 Å². The summed E-state index contributed by atoms with van der Waals surface area (Å²) >= 11 is 6.58. The molecule has 8 heteroatoms. The minimum absolute atomic E-state index is 0.0737. The van der Waals surface area contributed by atoms with Gasteiger partial charge in [0.25, 0.3) is 5.69 Å². The van der Waals surface area contributed by atoms with E-state index in [1.54, 1.807) is 18.2 Å². The molecule has 0 heterocycles. The molecular weight excluding hydrogens is 444 g/mol. The summed E-state index contributed by atoms with van der Waals surface area (Å²) in [6, 6.07) is 9.40. The lowest BCUT2D eigenvalue weighted by molar-refractivity contribution is -0.384. The molecule has 122 valence electrons. The van der Waals surface area contributed by atoms with Gasteiger partial charge >= 0.3 is 0 Å². The first-order valence-corrected chi connectivity index (χ1v) is 8.09. The van der Waals surface area contributed by atoms with Crippen LogP contribution in [0.3, 0.4) is 0 Å². The molecule has 1 N–H and O–H groups in total. The maximum Gasteiger partial charge on any atom is 0.270 e. The lowest BCUT2D eigenvalue weighted by Crippen LogP contribution is -1.91. The molecule has 0 aliphatic heterocycles. The molecule has 0 amide bonds. The fraction of sp³-hybridized carbons (Fsp3) is 0.0625. The first kappa shape index (κ1) is 18.0. The average molecular weight is 454 g/mol. The summed E-state index contributed by atoms with van der Waals surface area (Å²) in [6.45, 7) is 0. The average Bonchev–Trinajstić information content (AvgIpc) is 2.59. The maximum atomic E-state index is 10.9. The zero-order valence-electron chi connectivity index (χ0n) is 12.3. The second-order valence-electron chi connectivity index (χ2n) is 4.62. The van der Waals surface area contributed by atoms with Gasteiger partial charge < -0.3 is 9.84 Å². The number of phenols is 1. The standard InChI is InChI=1S/C16H10Br2N2O4/c1-24-13-7-10(14(17)15(18)16(13)21)5-11(8-19)9-3-2-4-12(6-9)20(22)23/h2-7,21H,1H3. The van der Waals surface area contributed by atoms with Gasteiger partial charge in [0.05, 0.1) is 28.1 Å². The zero-order valence-corrected chi connectivity index (χ0v) is 15.5. The van der Waals surface area contributed by atoms with Crippen molar-refractivity contribution in [3.63, 3.8) is 0 Å². The molecule has 2 rings (SSSR count). The van der Waals surface area contributed by atoms with Crippen LogP contribution in [0.25, 0.3) is 11.6 Å². The third kappa shape index (κ3) is 3.58. The summed E-state index contributed by atoms with van der Waals surface area (Å²) < 4.78 is 6.00.